The van der Waals surface area contributed by atoms with Crippen molar-refractivity contribution in [1.82, 2.24) is 0 Å². The van der Waals surface area contributed by atoms with Gasteiger partial charge in [0.15, 0.2) is 5.78 Å². The Balaban J connectivity index is 2.32. The molecule has 0 fully saturated rings. The summed E-state index contributed by atoms with van der Waals surface area (Å²) >= 11 is 0. The first-order valence-electron chi connectivity index (χ1n) is 7.36. The van der Waals surface area contributed by atoms with Crippen LogP contribution in [0.3, 0.4) is 0 Å². The van der Waals surface area contributed by atoms with E-state index in [0.717, 1.165) is 17.5 Å². The number of hydrogen-bond donors (Lipinski definition) is 1. The van der Waals surface area contributed by atoms with Crippen molar-refractivity contribution in [2.45, 2.75) is 39.5 Å². The standard InChI is InChI=1S/C19H23NO/c1-5-19(3,4)15-8-6-14(7-9-15)18(21)17-11-10-16(20)12-13(17)2/h6-12H,5,20H2,1-4H3. The number of ketones is 1. The first-order chi connectivity index (χ1) is 9.85. The summed E-state index contributed by atoms with van der Waals surface area (Å²) in [4.78, 5) is 12.6. The summed E-state index contributed by atoms with van der Waals surface area (Å²) in [5, 5.41) is 0. The largest absolute Gasteiger partial charge is 0.399 e. The second-order valence-electron chi connectivity index (χ2n) is 6.22. The maximum absolute atomic E-state index is 12.6. The molecule has 2 heteroatoms. The third-order valence-electron chi connectivity index (χ3n) is 4.31. The first kappa shape index (κ1) is 15.3. The van der Waals surface area contributed by atoms with E-state index in [1.54, 1.807) is 12.1 Å². The van der Waals surface area contributed by atoms with Gasteiger partial charge < -0.3 is 5.73 Å². The summed E-state index contributed by atoms with van der Waals surface area (Å²) in [6.45, 7) is 8.52. The van der Waals surface area contributed by atoms with Crippen molar-refractivity contribution in [3.05, 3.63) is 64.7 Å². The van der Waals surface area contributed by atoms with Crippen LogP contribution < -0.4 is 5.73 Å². The lowest BCUT2D eigenvalue weighted by Crippen LogP contribution is -2.15. The lowest BCUT2D eigenvalue weighted by atomic mass is 9.82. The molecular formula is C19H23NO. The number of nitrogen functional groups attached to an aromatic ring is 1. The fraction of sp³-hybridized carbons (Fsp3) is 0.316. The van der Waals surface area contributed by atoms with Crippen molar-refractivity contribution in [2.75, 3.05) is 5.73 Å². The van der Waals surface area contributed by atoms with Crippen LogP contribution in [0.15, 0.2) is 42.5 Å². The molecule has 0 bridgehead atoms. The number of carbonyl (C=O) groups is 1. The summed E-state index contributed by atoms with van der Waals surface area (Å²) in [6, 6.07) is 13.4. The van der Waals surface area contributed by atoms with E-state index in [1.165, 1.54) is 5.56 Å². The molecule has 0 saturated carbocycles. The SMILES string of the molecule is CCC(C)(C)c1ccc(C(=O)c2ccc(N)cc2C)cc1. The lowest BCUT2D eigenvalue weighted by Gasteiger charge is -2.23. The second-order valence-corrected chi connectivity index (χ2v) is 6.22. The van der Waals surface area contributed by atoms with Crippen LogP contribution in [-0.2, 0) is 5.41 Å². The fourth-order valence-corrected chi connectivity index (χ4v) is 2.37. The quantitative estimate of drug-likeness (QED) is 0.662. The minimum Gasteiger partial charge on any atom is -0.399 e. The molecule has 0 aliphatic rings. The zero-order valence-electron chi connectivity index (χ0n) is 13.2. The van der Waals surface area contributed by atoms with Gasteiger partial charge in [-0.1, -0.05) is 45.0 Å². The fourth-order valence-electron chi connectivity index (χ4n) is 2.37. The predicted molar refractivity (Wildman–Crippen MR) is 88.8 cm³/mol. The number of aryl methyl sites for hydroxylation is 1. The van der Waals surface area contributed by atoms with Crippen LogP contribution in [-0.4, -0.2) is 5.78 Å². The van der Waals surface area contributed by atoms with E-state index in [9.17, 15) is 4.79 Å². The van der Waals surface area contributed by atoms with Crippen molar-refractivity contribution in [3.63, 3.8) is 0 Å². The van der Waals surface area contributed by atoms with Crippen molar-refractivity contribution >= 4 is 11.5 Å². The van der Waals surface area contributed by atoms with Gasteiger partial charge in [0, 0.05) is 16.8 Å². The van der Waals surface area contributed by atoms with Gasteiger partial charge in [-0.2, -0.15) is 0 Å². The van der Waals surface area contributed by atoms with Crippen molar-refractivity contribution < 1.29 is 4.79 Å². The number of nitrogens with two attached hydrogens (primary N) is 1. The minimum atomic E-state index is 0.0494. The van der Waals surface area contributed by atoms with Gasteiger partial charge in [-0.25, -0.2) is 0 Å². The third kappa shape index (κ3) is 3.15. The van der Waals surface area contributed by atoms with Crippen molar-refractivity contribution in [1.29, 1.82) is 0 Å². The third-order valence-corrected chi connectivity index (χ3v) is 4.31. The van der Waals surface area contributed by atoms with E-state index < -0.39 is 0 Å². The predicted octanol–water partition coefficient (Wildman–Crippen LogP) is 4.50. The van der Waals surface area contributed by atoms with E-state index in [1.807, 2.05) is 25.1 Å². The maximum atomic E-state index is 12.6. The maximum Gasteiger partial charge on any atom is 0.193 e. The van der Waals surface area contributed by atoms with Crippen LogP contribution >= 0.6 is 0 Å². The van der Waals surface area contributed by atoms with E-state index in [0.29, 0.717) is 11.3 Å². The average Bonchev–Trinajstić information content (AvgIpc) is 2.47. The molecule has 0 aliphatic heterocycles. The van der Waals surface area contributed by atoms with Crippen LogP contribution in [0.25, 0.3) is 0 Å². The monoisotopic (exact) mass is 281 g/mol. The Morgan fingerprint density at radius 3 is 2.24 bits per heavy atom. The number of anilines is 1. The summed E-state index contributed by atoms with van der Waals surface area (Å²) in [5.41, 5.74) is 10.2. The molecule has 2 N–H and O–H groups in total. The van der Waals surface area contributed by atoms with Crippen LogP contribution in [0.2, 0.25) is 0 Å². The molecule has 0 unspecified atom stereocenters. The zero-order valence-corrected chi connectivity index (χ0v) is 13.2. The molecule has 0 spiro atoms. The summed E-state index contributed by atoms with van der Waals surface area (Å²) in [7, 11) is 0. The summed E-state index contributed by atoms with van der Waals surface area (Å²) in [5.74, 6) is 0.0494. The highest BCUT2D eigenvalue weighted by Gasteiger charge is 2.19. The van der Waals surface area contributed by atoms with Gasteiger partial charge in [0.25, 0.3) is 0 Å². The van der Waals surface area contributed by atoms with Gasteiger partial charge in [0.05, 0.1) is 0 Å². The molecule has 0 saturated heterocycles. The average molecular weight is 281 g/mol. The van der Waals surface area contributed by atoms with Gasteiger partial charge in [0.1, 0.15) is 0 Å². The Morgan fingerprint density at radius 1 is 1.10 bits per heavy atom. The number of rotatable bonds is 4. The van der Waals surface area contributed by atoms with Crippen LogP contribution in [0.4, 0.5) is 5.69 Å². The van der Waals surface area contributed by atoms with E-state index in [4.69, 9.17) is 5.73 Å². The van der Waals surface area contributed by atoms with Crippen molar-refractivity contribution in [3.8, 4) is 0 Å². The Hall–Kier alpha value is -2.09. The molecule has 0 aromatic heterocycles. The van der Waals surface area contributed by atoms with E-state index in [2.05, 4.69) is 32.9 Å². The first-order valence-corrected chi connectivity index (χ1v) is 7.36. The molecule has 2 aromatic rings. The molecule has 0 aliphatic carbocycles. The topological polar surface area (TPSA) is 43.1 Å². The molecule has 2 rings (SSSR count). The Bertz CT molecular complexity index is 654. The van der Waals surface area contributed by atoms with Crippen LogP contribution in [0.5, 0.6) is 0 Å². The highest BCUT2D eigenvalue weighted by molar-refractivity contribution is 6.10. The Labute approximate surface area is 127 Å². The molecule has 0 amide bonds. The van der Waals surface area contributed by atoms with Gasteiger partial charge in [0.2, 0.25) is 0 Å². The highest BCUT2D eigenvalue weighted by atomic mass is 16.1. The van der Waals surface area contributed by atoms with Crippen LogP contribution in [0, 0.1) is 6.92 Å². The number of carbonyl (C=O) groups excluding carboxylic acids is 1. The summed E-state index contributed by atoms with van der Waals surface area (Å²) < 4.78 is 0. The lowest BCUT2D eigenvalue weighted by molar-refractivity contribution is 0.103. The molecule has 0 heterocycles. The van der Waals surface area contributed by atoms with Gasteiger partial charge in [-0.15, -0.1) is 0 Å². The molecule has 0 atom stereocenters. The van der Waals surface area contributed by atoms with Crippen molar-refractivity contribution in [2.24, 2.45) is 0 Å². The minimum absolute atomic E-state index is 0.0494. The zero-order chi connectivity index (χ0) is 15.6. The van der Waals surface area contributed by atoms with Gasteiger partial charge in [-0.3, -0.25) is 4.79 Å². The number of hydrogen-bond acceptors (Lipinski definition) is 2. The smallest absolute Gasteiger partial charge is 0.193 e. The Kier molecular flexibility index (Phi) is 4.17. The van der Waals surface area contributed by atoms with E-state index in [-0.39, 0.29) is 11.2 Å². The molecule has 2 nitrogen and oxygen atoms in total. The van der Waals surface area contributed by atoms with Crippen LogP contribution in [0.1, 0.15) is 54.2 Å². The van der Waals surface area contributed by atoms with Gasteiger partial charge in [-0.05, 0) is 48.1 Å². The molecular weight excluding hydrogens is 258 g/mol. The normalized spacial score (nSPS) is 11.4. The molecule has 2 aromatic carbocycles. The van der Waals surface area contributed by atoms with E-state index >= 15 is 0 Å². The second kappa shape index (κ2) is 5.72. The van der Waals surface area contributed by atoms with Gasteiger partial charge >= 0.3 is 0 Å². The molecule has 21 heavy (non-hydrogen) atoms. The molecule has 0 radical (unpaired) electrons. The molecule has 110 valence electrons. The summed E-state index contributed by atoms with van der Waals surface area (Å²) in [6.07, 6.45) is 1.07. The highest BCUT2D eigenvalue weighted by Crippen LogP contribution is 2.27. The Morgan fingerprint density at radius 2 is 1.71 bits per heavy atom. The number of benzene rings is 2.